The molecule has 1 fully saturated rings. The van der Waals surface area contributed by atoms with Crippen molar-refractivity contribution in [1.29, 1.82) is 0 Å². The van der Waals surface area contributed by atoms with Gasteiger partial charge >= 0.3 is 0 Å². The van der Waals surface area contributed by atoms with Gasteiger partial charge in [0.2, 0.25) is 0 Å². The Balaban J connectivity index is 1.58. The predicted octanol–water partition coefficient (Wildman–Crippen LogP) is 1.23. The van der Waals surface area contributed by atoms with Crippen LogP contribution in [0.3, 0.4) is 0 Å². The molecular formula is C13H19NO2. The van der Waals surface area contributed by atoms with Crippen molar-refractivity contribution in [2.75, 3.05) is 32.9 Å². The number of hydrogen-bond donors (Lipinski definition) is 1. The first-order chi connectivity index (χ1) is 7.95. The molecule has 1 aromatic rings. The molecule has 1 atom stereocenters. The Labute approximate surface area is 96.8 Å². The van der Waals surface area contributed by atoms with Gasteiger partial charge in [-0.25, -0.2) is 0 Å². The summed E-state index contributed by atoms with van der Waals surface area (Å²) in [4.78, 5) is 0. The van der Waals surface area contributed by atoms with Gasteiger partial charge in [0.1, 0.15) is 0 Å². The number of benzene rings is 1. The molecule has 0 radical (unpaired) electrons. The Morgan fingerprint density at radius 3 is 2.94 bits per heavy atom. The highest BCUT2D eigenvalue weighted by atomic mass is 16.5. The Morgan fingerprint density at radius 2 is 2.19 bits per heavy atom. The molecule has 3 nitrogen and oxygen atoms in total. The molecule has 0 aromatic heterocycles. The molecule has 0 spiro atoms. The first-order valence-corrected chi connectivity index (χ1v) is 5.89. The molecular weight excluding hydrogens is 202 g/mol. The Kier molecular flexibility index (Phi) is 4.80. The van der Waals surface area contributed by atoms with Gasteiger partial charge in [-0.15, -0.1) is 0 Å². The lowest BCUT2D eigenvalue weighted by Crippen LogP contribution is -2.41. The van der Waals surface area contributed by atoms with Gasteiger partial charge in [0.25, 0.3) is 0 Å². The molecule has 1 aliphatic rings. The van der Waals surface area contributed by atoms with E-state index in [4.69, 9.17) is 9.47 Å². The maximum Gasteiger partial charge on any atom is 0.0933 e. The molecule has 2 rings (SSSR count). The molecule has 16 heavy (non-hydrogen) atoms. The third-order valence-corrected chi connectivity index (χ3v) is 2.69. The van der Waals surface area contributed by atoms with E-state index in [2.05, 4.69) is 29.6 Å². The van der Waals surface area contributed by atoms with Gasteiger partial charge in [0.05, 0.1) is 25.9 Å². The average molecular weight is 221 g/mol. The van der Waals surface area contributed by atoms with Crippen molar-refractivity contribution in [1.82, 2.24) is 5.32 Å². The van der Waals surface area contributed by atoms with Crippen LogP contribution in [0.5, 0.6) is 0 Å². The van der Waals surface area contributed by atoms with Crippen LogP contribution in [0.2, 0.25) is 0 Å². The summed E-state index contributed by atoms with van der Waals surface area (Å²) in [5, 5.41) is 3.29. The van der Waals surface area contributed by atoms with Crippen molar-refractivity contribution in [3.63, 3.8) is 0 Å². The number of morpholine rings is 1. The van der Waals surface area contributed by atoms with Crippen LogP contribution in [0.1, 0.15) is 5.56 Å². The SMILES string of the molecule is c1ccc(CCOCC2CNCCO2)cc1. The lowest BCUT2D eigenvalue weighted by atomic mass is 10.2. The fourth-order valence-corrected chi connectivity index (χ4v) is 1.78. The molecule has 1 unspecified atom stereocenters. The first kappa shape index (κ1) is 11.6. The van der Waals surface area contributed by atoms with Crippen molar-refractivity contribution >= 4 is 0 Å². The molecule has 0 bridgehead atoms. The summed E-state index contributed by atoms with van der Waals surface area (Å²) in [7, 11) is 0. The van der Waals surface area contributed by atoms with Crippen molar-refractivity contribution in [3.05, 3.63) is 35.9 Å². The van der Waals surface area contributed by atoms with Crippen LogP contribution in [0.4, 0.5) is 0 Å². The van der Waals surface area contributed by atoms with Crippen molar-refractivity contribution in [3.8, 4) is 0 Å². The minimum absolute atomic E-state index is 0.226. The molecule has 0 saturated carbocycles. The van der Waals surface area contributed by atoms with E-state index in [0.717, 1.165) is 32.7 Å². The lowest BCUT2D eigenvalue weighted by Gasteiger charge is -2.23. The summed E-state index contributed by atoms with van der Waals surface area (Å²) in [5.41, 5.74) is 1.32. The summed E-state index contributed by atoms with van der Waals surface area (Å²) >= 11 is 0. The maximum absolute atomic E-state index is 5.61. The minimum atomic E-state index is 0.226. The quantitative estimate of drug-likeness (QED) is 0.759. The zero-order valence-corrected chi connectivity index (χ0v) is 9.52. The van der Waals surface area contributed by atoms with Crippen LogP contribution in [0.15, 0.2) is 30.3 Å². The molecule has 1 aromatic carbocycles. The largest absolute Gasteiger partial charge is 0.378 e. The Morgan fingerprint density at radius 1 is 1.31 bits per heavy atom. The van der Waals surface area contributed by atoms with Crippen LogP contribution in [0.25, 0.3) is 0 Å². The average Bonchev–Trinajstić information content (AvgIpc) is 2.37. The second-order valence-electron chi connectivity index (χ2n) is 4.01. The van der Waals surface area contributed by atoms with E-state index in [9.17, 15) is 0 Å². The molecule has 0 amide bonds. The lowest BCUT2D eigenvalue weighted by molar-refractivity contribution is -0.0307. The van der Waals surface area contributed by atoms with Crippen molar-refractivity contribution in [2.24, 2.45) is 0 Å². The van der Waals surface area contributed by atoms with E-state index in [-0.39, 0.29) is 6.10 Å². The zero-order valence-electron chi connectivity index (χ0n) is 9.52. The van der Waals surface area contributed by atoms with Gasteiger partial charge in [-0.3, -0.25) is 0 Å². The van der Waals surface area contributed by atoms with Gasteiger partial charge in [0, 0.05) is 13.1 Å². The van der Waals surface area contributed by atoms with Crippen LogP contribution >= 0.6 is 0 Å². The third kappa shape index (κ3) is 3.93. The van der Waals surface area contributed by atoms with Gasteiger partial charge < -0.3 is 14.8 Å². The second kappa shape index (κ2) is 6.63. The monoisotopic (exact) mass is 221 g/mol. The Hall–Kier alpha value is -0.900. The first-order valence-electron chi connectivity index (χ1n) is 5.89. The van der Waals surface area contributed by atoms with E-state index in [0.29, 0.717) is 6.61 Å². The molecule has 0 aliphatic carbocycles. The van der Waals surface area contributed by atoms with Gasteiger partial charge in [-0.1, -0.05) is 30.3 Å². The number of nitrogens with one attached hydrogen (secondary N) is 1. The number of ether oxygens (including phenoxy) is 2. The fourth-order valence-electron chi connectivity index (χ4n) is 1.78. The highest BCUT2D eigenvalue weighted by molar-refractivity contribution is 5.14. The van der Waals surface area contributed by atoms with E-state index in [1.165, 1.54) is 5.56 Å². The number of hydrogen-bond acceptors (Lipinski definition) is 3. The highest BCUT2D eigenvalue weighted by Crippen LogP contribution is 2.01. The van der Waals surface area contributed by atoms with E-state index >= 15 is 0 Å². The van der Waals surface area contributed by atoms with Gasteiger partial charge in [-0.2, -0.15) is 0 Å². The zero-order chi connectivity index (χ0) is 11.1. The molecule has 1 heterocycles. The summed E-state index contributed by atoms with van der Waals surface area (Å²) in [6.07, 6.45) is 1.20. The van der Waals surface area contributed by atoms with Crippen molar-refractivity contribution in [2.45, 2.75) is 12.5 Å². The van der Waals surface area contributed by atoms with Gasteiger partial charge in [-0.05, 0) is 12.0 Å². The molecule has 1 saturated heterocycles. The van der Waals surface area contributed by atoms with Crippen LogP contribution in [0, 0.1) is 0 Å². The van der Waals surface area contributed by atoms with E-state index < -0.39 is 0 Å². The summed E-state index contributed by atoms with van der Waals surface area (Å²) in [5.74, 6) is 0. The van der Waals surface area contributed by atoms with Crippen LogP contribution in [-0.2, 0) is 15.9 Å². The standard InChI is InChI=1S/C13H19NO2/c1-2-4-12(5-3-1)6-8-15-11-13-10-14-7-9-16-13/h1-5,13-14H,6-11H2. The topological polar surface area (TPSA) is 30.5 Å². The minimum Gasteiger partial charge on any atom is -0.378 e. The smallest absolute Gasteiger partial charge is 0.0933 e. The van der Waals surface area contributed by atoms with Gasteiger partial charge in [0.15, 0.2) is 0 Å². The maximum atomic E-state index is 5.61. The highest BCUT2D eigenvalue weighted by Gasteiger charge is 2.12. The van der Waals surface area contributed by atoms with Crippen LogP contribution in [-0.4, -0.2) is 39.0 Å². The Bertz CT molecular complexity index is 283. The summed E-state index contributed by atoms with van der Waals surface area (Å²) in [6.45, 7) is 4.13. The molecule has 88 valence electrons. The predicted molar refractivity (Wildman–Crippen MR) is 63.6 cm³/mol. The van der Waals surface area contributed by atoms with Crippen molar-refractivity contribution < 1.29 is 9.47 Å². The summed E-state index contributed by atoms with van der Waals surface area (Å²) < 4.78 is 11.2. The second-order valence-corrected chi connectivity index (χ2v) is 4.01. The number of rotatable bonds is 5. The molecule has 1 N–H and O–H groups in total. The van der Waals surface area contributed by atoms with E-state index in [1.54, 1.807) is 0 Å². The normalized spacial score (nSPS) is 20.9. The molecule has 1 aliphatic heterocycles. The summed E-state index contributed by atoms with van der Waals surface area (Å²) in [6, 6.07) is 10.4. The van der Waals surface area contributed by atoms with E-state index in [1.807, 2.05) is 6.07 Å². The third-order valence-electron chi connectivity index (χ3n) is 2.69. The molecule has 3 heteroatoms. The van der Waals surface area contributed by atoms with Crippen LogP contribution < -0.4 is 5.32 Å². The fraction of sp³-hybridized carbons (Fsp3) is 0.538.